The highest BCUT2D eigenvalue weighted by atomic mass is 19.1. The van der Waals surface area contributed by atoms with Crippen molar-refractivity contribution in [3.8, 4) is 0 Å². The minimum Gasteiger partial charge on any atom is -0.381 e. The number of hydrogen-bond acceptors (Lipinski definition) is 3. The fourth-order valence-corrected chi connectivity index (χ4v) is 2.36. The molecule has 1 heterocycles. The SMILES string of the molecule is CCN(CC(N)C1CCOC1)c1ccc(F)cc1. The summed E-state index contributed by atoms with van der Waals surface area (Å²) in [6.07, 6.45) is 1.04. The van der Waals surface area contributed by atoms with Crippen LogP contribution in [-0.2, 0) is 4.74 Å². The van der Waals surface area contributed by atoms with Crippen molar-refractivity contribution < 1.29 is 9.13 Å². The summed E-state index contributed by atoms with van der Waals surface area (Å²) in [6.45, 7) is 5.33. The third kappa shape index (κ3) is 3.21. The number of anilines is 1. The largest absolute Gasteiger partial charge is 0.381 e. The van der Waals surface area contributed by atoms with Crippen molar-refractivity contribution in [3.05, 3.63) is 30.1 Å². The quantitative estimate of drug-likeness (QED) is 0.871. The molecule has 0 amide bonds. The molecule has 1 aliphatic heterocycles. The molecule has 2 rings (SSSR count). The summed E-state index contributed by atoms with van der Waals surface area (Å²) in [6, 6.07) is 6.69. The van der Waals surface area contributed by atoms with Crippen molar-refractivity contribution in [1.29, 1.82) is 0 Å². The fourth-order valence-electron chi connectivity index (χ4n) is 2.36. The maximum atomic E-state index is 12.9. The number of nitrogens with zero attached hydrogens (tertiary/aromatic N) is 1. The maximum Gasteiger partial charge on any atom is 0.123 e. The molecule has 1 fully saturated rings. The third-order valence-corrected chi connectivity index (χ3v) is 3.58. The van der Waals surface area contributed by atoms with Gasteiger partial charge in [0.25, 0.3) is 0 Å². The molecule has 2 atom stereocenters. The van der Waals surface area contributed by atoms with Crippen molar-refractivity contribution in [3.63, 3.8) is 0 Å². The van der Waals surface area contributed by atoms with Crippen LogP contribution in [0.5, 0.6) is 0 Å². The van der Waals surface area contributed by atoms with E-state index in [1.54, 1.807) is 12.1 Å². The number of rotatable bonds is 5. The van der Waals surface area contributed by atoms with Gasteiger partial charge >= 0.3 is 0 Å². The monoisotopic (exact) mass is 252 g/mol. The first kappa shape index (κ1) is 13.3. The molecule has 18 heavy (non-hydrogen) atoms. The smallest absolute Gasteiger partial charge is 0.123 e. The number of nitrogens with two attached hydrogens (primary N) is 1. The van der Waals surface area contributed by atoms with E-state index in [1.807, 2.05) is 0 Å². The molecule has 1 aromatic carbocycles. The van der Waals surface area contributed by atoms with Gasteiger partial charge in [-0.15, -0.1) is 0 Å². The Morgan fingerprint density at radius 1 is 1.44 bits per heavy atom. The Labute approximate surface area is 108 Å². The van der Waals surface area contributed by atoms with E-state index in [4.69, 9.17) is 10.5 Å². The van der Waals surface area contributed by atoms with Crippen molar-refractivity contribution in [2.75, 3.05) is 31.2 Å². The lowest BCUT2D eigenvalue weighted by Crippen LogP contribution is -2.42. The summed E-state index contributed by atoms with van der Waals surface area (Å²) in [5.41, 5.74) is 7.25. The Bertz CT molecular complexity index is 363. The first-order valence-corrected chi connectivity index (χ1v) is 6.54. The first-order chi connectivity index (χ1) is 8.70. The molecule has 1 saturated heterocycles. The normalized spacial score (nSPS) is 20.9. The van der Waals surface area contributed by atoms with Crippen molar-refractivity contribution >= 4 is 5.69 Å². The summed E-state index contributed by atoms with van der Waals surface area (Å²) in [5.74, 6) is 0.239. The number of hydrogen-bond donors (Lipinski definition) is 1. The second-order valence-corrected chi connectivity index (χ2v) is 4.80. The van der Waals surface area contributed by atoms with Crippen molar-refractivity contribution in [1.82, 2.24) is 0 Å². The van der Waals surface area contributed by atoms with Crippen LogP contribution in [0.2, 0.25) is 0 Å². The van der Waals surface area contributed by atoms with E-state index in [2.05, 4.69) is 11.8 Å². The molecule has 1 aromatic rings. The predicted octanol–water partition coefficient (Wildman–Crippen LogP) is 2.02. The van der Waals surface area contributed by atoms with E-state index in [0.717, 1.165) is 38.4 Å². The molecule has 0 radical (unpaired) electrons. The van der Waals surface area contributed by atoms with E-state index in [-0.39, 0.29) is 11.9 Å². The molecular weight excluding hydrogens is 231 g/mol. The lowest BCUT2D eigenvalue weighted by Gasteiger charge is -2.28. The van der Waals surface area contributed by atoms with Crippen LogP contribution in [0, 0.1) is 11.7 Å². The summed E-state index contributed by atoms with van der Waals surface area (Å²) in [4.78, 5) is 2.18. The molecule has 1 aliphatic rings. The van der Waals surface area contributed by atoms with Gasteiger partial charge in [0.05, 0.1) is 6.61 Å². The lowest BCUT2D eigenvalue weighted by atomic mass is 9.99. The van der Waals surface area contributed by atoms with Gasteiger partial charge in [-0.05, 0) is 37.6 Å². The van der Waals surface area contributed by atoms with Crippen LogP contribution < -0.4 is 10.6 Å². The second kappa shape index (κ2) is 6.16. The highest BCUT2D eigenvalue weighted by Gasteiger charge is 2.24. The number of likely N-dealkylation sites (N-methyl/N-ethyl adjacent to an activating group) is 1. The minimum atomic E-state index is -0.205. The van der Waals surface area contributed by atoms with E-state index in [9.17, 15) is 4.39 Å². The van der Waals surface area contributed by atoms with Crippen LogP contribution in [0.25, 0.3) is 0 Å². The summed E-state index contributed by atoms with van der Waals surface area (Å²) < 4.78 is 18.3. The minimum absolute atomic E-state index is 0.109. The van der Waals surface area contributed by atoms with E-state index in [0.29, 0.717) is 5.92 Å². The van der Waals surface area contributed by atoms with Gasteiger partial charge in [-0.1, -0.05) is 0 Å². The molecule has 100 valence electrons. The van der Waals surface area contributed by atoms with Crippen LogP contribution in [0.3, 0.4) is 0 Å². The van der Waals surface area contributed by atoms with Gasteiger partial charge < -0.3 is 15.4 Å². The number of benzene rings is 1. The highest BCUT2D eigenvalue weighted by Crippen LogP contribution is 2.19. The van der Waals surface area contributed by atoms with E-state index in [1.165, 1.54) is 12.1 Å². The van der Waals surface area contributed by atoms with Crippen molar-refractivity contribution in [2.24, 2.45) is 11.7 Å². The number of ether oxygens (including phenoxy) is 1. The Hall–Kier alpha value is -1.13. The van der Waals surface area contributed by atoms with E-state index < -0.39 is 0 Å². The molecule has 0 saturated carbocycles. The van der Waals surface area contributed by atoms with E-state index >= 15 is 0 Å². The van der Waals surface area contributed by atoms with Crippen LogP contribution in [0.15, 0.2) is 24.3 Å². The van der Waals surface area contributed by atoms with Crippen LogP contribution in [0.1, 0.15) is 13.3 Å². The third-order valence-electron chi connectivity index (χ3n) is 3.58. The van der Waals surface area contributed by atoms with Gasteiger partial charge in [-0.25, -0.2) is 4.39 Å². The average molecular weight is 252 g/mol. The zero-order valence-electron chi connectivity index (χ0n) is 10.8. The zero-order valence-corrected chi connectivity index (χ0v) is 10.8. The standard InChI is InChI=1S/C14H21FN2O/c1-2-17(13-5-3-12(15)4-6-13)9-14(16)11-7-8-18-10-11/h3-6,11,14H,2,7-10,16H2,1H3. The van der Waals surface area contributed by atoms with Crippen LogP contribution in [-0.4, -0.2) is 32.3 Å². The molecule has 0 aliphatic carbocycles. The topological polar surface area (TPSA) is 38.5 Å². The van der Waals surface area contributed by atoms with Gasteiger partial charge in [-0.2, -0.15) is 0 Å². The molecule has 0 aromatic heterocycles. The fraction of sp³-hybridized carbons (Fsp3) is 0.571. The Kier molecular flexibility index (Phi) is 4.55. The van der Waals surface area contributed by atoms with Crippen LogP contribution >= 0.6 is 0 Å². The summed E-state index contributed by atoms with van der Waals surface area (Å²) in [5, 5.41) is 0. The van der Waals surface area contributed by atoms with Crippen LogP contribution in [0.4, 0.5) is 10.1 Å². The maximum absolute atomic E-state index is 12.9. The Morgan fingerprint density at radius 3 is 2.72 bits per heavy atom. The summed E-state index contributed by atoms with van der Waals surface area (Å²) >= 11 is 0. The second-order valence-electron chi connectivity index (χ2n) is 4.80. The zero-order chi connectivity index (χ0) is 13.0. The summed E-state index contributed by atoms with van der Waals surface area (Å²) in [7, 11) is 0. The number of halogens is 1. The molecule has 0 spiro atoms. The molecule has 2 N–H and O–H groups in total. The Morgan fingerprint density at radius 2 is 2.17 bits per heavy atom. The molecule has 3 nitrogen and oxygen atoms in total. The van der Waals surface area contributed by atoms with Crippen molar-refractivity contribution in [2.45, 2.75) is 19.4 Å². The predicted molar refractivity (Wildman–Crippen MR) is 71.2 cm³/mol. The Balaban J connectivity index is 1.97. The lowest BCUT2D eigenvalue weighted by molar-refractivity contribution is 0.181. The van der Waals surface area contributed by atoms with Gasteiger partial charge in [0.1, 0.15) is 5.82 Å². The van der Waals surface area contributed by atoms with Gasteiger partial charge in [0.2, 0.25) is 0 Å². The van der Waals surface area contributed by atoms with Gasteiger partial charge in [0, 0.05) is 37.3 Å². The highest BCUT2D eigenvalue weighted by molar-refractivity contribution is 5.46. The molecule has 0 bridgehead atoms. The van der Waals surface area contributed by atoms with Gasteiger partial charge in [-0.3, -0.25) is 0 Å². The first-order valence-electron chi connectivity index (χ1n) is 6.54. The molecular formula is C14H21FN2O. The molecule has 2 unspecified atom stereocenters. The average Bonchev–Trinajstić information content (AvgIpc) is 2.91. The van der Waals surface area contributed by atoms with Gasteiger partial charge in [0.15, 0.2) is 0 Å². The molecule has 4 heteroatoms.